The summed E-state index contributed by atoms with van der Waals surface area (Å²) in [7, 11) is -4.98. The van der Waals surface area contributed by atoms with Crippen molar-refractivity contribution in [2.75, 3.05) is 0 Å². The smallest absolute Gasteiger partial charge is 0.205 e. The van der Waals surface area contributed by atoms with Crippen LogP contribution in [0, 0.1) is 5.92 Å². The third-order valence-electron chi connectivity index (χ3n) is 1.65. The maximum atomic E-state index is 12.7. The molecule has 1 aliphatic heterocycles. The van der Waals surface area contributed by atoms with E-state index in [0.717, 1.165) is 4.13 Å². The minimum atomic E-state index is -4.98. The molecule has 0 spiro atoms. The fourth-order valence-electron chi connectivity index (χ4n) is 0.683. The van der Waals surface area contributed by atoms with Crippen molar-refractivity contribution in [2.24, 2.45) is 5.92 Å². The van der Waals surface area contributed by atoms with E-state index >= 15 is 0 Å². The van der Waals surface area contributed by atoms with E-state index in [9.17, 15) is 26.0 Å². The minimum absolute atomic E-state index is 0.491. The summed E-state index contributed by atoms with van der Waals surface area (Å²) in [6.07, 6.45) is 0. The number of alkyl halides is 4. The van der Waals surface area contributed by atoms with Crippen molar-refractivity contribution in [1.29, 1.82) is 0 Å². The third-order valence-corrected chi connectivity index (χ3v) is 4.56. The number of rotatable bonds is 0. The first-order valence-corrected chi connectivity index (χ1v) is 5.36. The monoisotopic (exact) mass is 239 g/mol. The highest BCUT2D eigenvalue weighted by molar-refractivity contribution is 8.10. The van der Waals surface area contributed by atoms with Gasteiger partial charge in [-0.3, -0.25) is 0 Å². The van der Waals surface area contributed by atoms with E-state index in [-0.39, 0.29) is 0 Å². The van der Waals surface area contributed by atoms with Crippen LogP contribution in [0.3, 0.4) is 0 Å². The van der Waals surface area contributed by atoms with Crippen LogP contribution in [0.25, 0.3) is 0 Å². The Morgan fingerprint density at radius 3 is 2.15 bits per heavy atom. The molecule has 1 heterocycles. The van der Waals surface area contributed by atoms with Crippen LogP contribution in [0.15, 0.2) is 0 Å². The van der Waals surface area contributed by atoms with E-state index in [1.807, 2.05) is 0 Å². The standard InChI is InChI=1S/C4H5F4NO2S2/c1-2-3(5,6)12-9-13(10,11)4(2,7)8/h2,9H,1H3. The first kappa shape index (κ1) is 11.1. The van der Waals surface area contributed by atoms with E-state index < -0.39 is 38.4 Å². The Labute approximate surface area is 76.1 Å². The molecule has 0 aromatic rings. The van der Waals surface area contributed by atoms with Gasteiger partial charge in [-0.15, -0.1) is 4.13 Å². The molecule has 0 amide bonds. The van der Waals surface area contributed by atoms with E-state index in [1.165, 1.54) is 0 Å². The van der Waals surface area contributed by atoms with Crippen LogP contribution in [0.1, 0.15) is 6.92 Å². The zero-order chi connectivity index (χ0) is 10.5. The second-order valence-electron chi connectivity index (χ2n) is 2.53. The van der Waals surface area contributed by atoms with Crippen LogP contribution < -0.4 is 4.13 Å². The predicted octanol–water partition coefficient (Wildman–Crippen LogP) is 1.39. The van der Waals surface area contributed by atoms with Crippen LogP contribution in [0.4, 0.5) is 17.6 Å². The van der Waals surface area contributed by atoms with Gasteiger partial charge in [0, 0.05) is 11.9 Å². The number of nitrogens with one attached hydrogen (secondary N) is 1. The molecule has 9 heteroatoms. The van der Waals surface area contributed by atoms with Gasteiger partial charge in [-0.2, -0.15) is 17.6 Å². The lowest BCUT2D eigenvalue weighted by atomic mass is 10.2. The van der Waals surface area contributed by atoms with Gasteiger partial charge in [-0.25, -0.2) is 8.42 Å². The Kier molecular flexibility index (Phi) is 2.33. The topological polar surface area (TPSA) is 46.2 Å². The maximum absolute atomic E-state index is 12.7. The van der Waals surface area contributed by atoms with Gasteiger partial charge in [0.25, 0.3) is 10.0 Å². The van der Waals surface area contributed by atoms with Crippen molar-refractivity contribution < 1.29 is 26.0 Å². The molecule has 78 valence electrons. The van der Waals surface area contributed by atoms with Crippen LogP contribution in [0.5, 0.6) is 0 Å². The van der Waals surface area contributed by atoms with Gasteiger partial charge >= 0.3 is 10.5 Å². The van der Waals surface area contributed by atoms with Gasteiger partial charge in [0.1, 0.15) is 5.92 Å². The molecular weight excluding hydrogens is 234 g/mol. The van der Waals surface area contributed by atoms with Crippen LogP contribution in [0.2, 0.25) is 0 Å². The molecule has 1 unspecified atom stereocenters. The van der Waals surface area contributed by atoms with Crippen molar-refractivity contribution in [1.82, 2.24) is 4.13 Å². The van der Waals surface area contributed by atoms with Crippen LogP contribution in [-0.2, 0) is 10.0 Å². The maximum Gasteiger partial charge on any atom is 0.369 e. The Morgan fingerprint density at radius 1 is 1.31 bits per heavy atom. The average Bonchev–Trinajstić information content (AvgIpc) is 1.97. The van der Waals surface area contributed by atoms with Gasteiger partial charge in [0.05, 0.1) is 0 Å². The summed E-state index contributed by atoms with van der Waals surface area (Å²) in [6, 6.07) is 0. The fraction of sp³-hybridized carbons (Fsp3) is 1.00. The summed E-state index contributed by atoms with van der Waals surface area (Å²) in [6.45, 7) is 0.491. The SMILES string of the molecule is CC1C(F)(F)SNS(=O)(=O)C1(F)F. The Balaban J connectivity index is 3.15. The molecule has 1 fully saturated rings. The van der Waals surface area contributed by atoms with Gasteiger partial charge in [-0.1, -0.05) is 0 Å². The summed E-state index contributed by atoms with van der Waals surface area (Å²) in [5, 5.41) is -8.24. The van der Waals surface area contributed by atoms with E-state index in [2.05, 4.69) is 0 Å². The highest BCUT2D eigenvalue weighted by atomic mass is 32.3. The van der Waals surface area contributed by atoms with Crippen molar-refractivity contribution in [3.63, 3.8) is 0 Å². The number of hydrogen-bond acceptors (Lipinski definition) is 3. The molecular formula is C4H5F4NO2S2. The zero-order valence-electron chi connectivity index (χ0n) is 6.22. The lowest BCUT2D eigenvalue weighted by Gasteiger charge is -2.33. The molecule has 0 aliphatic carbocycles. The molecule has 1 aliphatic rings. The van der Waals surface area contributed by atoms with Crippen LogP contribution >= 0.6 is 11.9 Å². The summed E-state index contributed by atoms with van der Waals surface area (Å²) < 4.78 is 72.9. The summed E-state index contributed by atoms with van der Waals surface area (Å²) in [4.78, 5) is 0. The quantitative estimate of drug-likeness (QED) is 0.513. The normalized spacial score (nSPS) is 35.6. The summed E-state index contributed by atoms with van der Waals surface area (Å²) in [5.41, 5.74) is 0. The number of halogens is 4. The Bertz CT molecular complexity index is 314. The summed E-state index contributed by atoms with van der Waals surface area (Å²) in [5.74, 6) is -2.55. The minimum Gasteiger partial charge on any atom is -0.205 e. The molecule has 1 saturated heterocycles. The van der Waals surface area contributed by atoms with Crippen LogP contribution in [-0.4, -0.2) is 18.9 Å². The van der Waals surface area contributed by atoms with Gasteiger partial charge < -0.3 is 0 Å². The van der Waals surface area contributed by atoms with E-state index in [1.54, 1.807) is 0 Å². The van der Waals surface area contributed by atoms with Crippen molar-refractivity contribution >= 4 is 22.0 Å². The second-order valence-corrected chi connectivity index (χ2v) is 5.50. The molecule has 1 rings (SSSR count). The highest BCUT2D eigenvalue weighted by Crippen LogP contribution is 2.49. The molecule has 0 bridgehead atoms. The largest absolute Gasteiger partial charge is 0.369 e. The first-order valence-electron chi connectivity index (χ1n) is 3.06. The lowest BCUT2D eigenvalue weighted by Crippen LogP contribution is -2.53. The predicted molar refractivity (Wildman–Crippen MR) is 38.7 cm³/mol. The van der Waals surface area contributed by atoms with E-state index in [4.69, 9.17) is 0 Å². The molecule has 0 radical (unpaired) electrons. The zero-order valence-corrected chi connectivity index (χ0v) is 7.86. The van der Waals surface area contributed by atoms with Gasteiger partial charge in [0.2, 0.25) is 0 Å². The number of hydrogen-bond donors (Lipinski definition) is 1. The highest BCUT2D eigenvalue weighted by Gasteiger charge is 2.64. The molecule has 0 saturated carbocycles. The Hall–Kier alpha value is -0.0200. The average molecular weight is 239 g/mol. The van der Waals surface area contributed by atoms with E-state index in [0.29, 0.717) is 6.92 Å². The molecule has 13 heavy (non-hydrogen) atoms. The number of sulfonamides is 1. The first-order chi connectivity index (χ1) is 5.61. The summed E-state index contributed by atoms with van der Waals surface area (Å²) >= 11 is -0.514. The molecule has 1 N–H and O–H groups in total. The molecule has 3 nitrogen and oxygen atoms in total. The van der Waals surface area contributed by atoms with Crippen molar-refractivity contribution in [3.8, 4) is 0 Å². The third kappa shape index (κ3) is 1.52. The fourth-order valence-corrected chi connectivity index (χ4v) is 3.02. The molecule has 0 aromatic carbocycles. The lowest BCUT2D eigenvalue weighted by molar-refractivity contribution is -0.0717. The Morgan fingerprint density at radius 2 is 1.77 bits per heavy atom. The van der Waals surface area contributed by atoms with Crippen molar-refractivity contribution in [3.05, 3.63) is 0 Å². The molecule has 0 aromatic heterocycles. The molecule has 1 atom stereocenters. The van der Waals surface area contributed by atoms with Gasteiger partial charge in [0.15, 0.2) is 0 Å². The van der Waals surface area contributed by atoms with Crippen molar-refractivity contribution in [2.45, 2.75) is 17.4 Å². The second kappa shape index (κ2) is 2.74. The van der Waals surface area contributed by atoms with Gasteiger partial charge in [-0.05, 0) is 6.92 Å².